The fourth-order valence-electron chi connectivity index (χ4n) is 4.87. The molecule has 1 saturated heterocycles. The van der Waals surface area contributed by atoms with Gasteiger partial charge in [-0.3, -0.25) is 0 Å². The molecule has 1 aromatic carbocycles. The molecule has 1 saturated carbocycles. The SMILES string of the molecule is CC(C)c1cccc(C(C)C)c1NC(=O)NC[C@]1(C2CCCCC2)O[C@@H](C)[C@@H](C)O1. The molecule has 1 aromatic rings. The molecule has 0 aromatic heterocycles. The number of hydrogen-bond acceptors (Lipinski definition) is 3. The Hall–Kier alpha value is -1.59. The van der Waals surface area contributed by atoms with Crippen molar-refractivity contribution in [3.8, 4) is 0 Å². The second-order valence-corrected chi connectivity index (χ2v) is 9.72. The molecule has 5 nitrogen and oxygen atoms in total. The third-order valence-corrected chi connectivity index (χ3v) is 6.77. The zero-order chi connectivity index (χ0) is 21.9. The van der Waals surface area contributed by atoms with Crippen LogP contribution in [0, 0.1) is 5.92 Å². The molecule has 1 heterocycles. The second kappa shape index (κ2) is 9.69. The molecular formula is C25H40N2O3. The average molecular weight is 417 g/mol. The van der Waals surface area contributed by atoms with Crippen LogP contribution in [0.5, 0.6) is 0 Å². The quantitative estimate of drug-likeness (QED) is 0.584. The van der Waals surface area contributed by atoms with Crippen LogP contribution in [0.15, 0.2) is 18.2 Å². The predicted octanol–water partition coefficient (Wildman–Crippen LogP) is 6.16. The molecular weight excluding hydrogens is 376 g/mol. The first-order chi connectivity index (χ1) is 14.2. The molecule has 0 unspecified atom stereocenters. The van der Waals surface area contributed by atoms with Gasteiger partial charge in [-0.2, -0.15) is 0 Å². The summed E-state index contributed by atoms with van der Waals surface area (Å²) in [4.78, 5) is 13.0. The van der Waals surface area contributed by atoms with Gasteiger partial charge < -0.3 is 20.1 Å². The number of nitrogens with one attached hydrogen (secondary N) is 2. The van der Waals surface area contributed by atoms with Gasteiger partial charge in [0.1, 0.15) is 0 Å². The van der Waals surface area contributed by atoms with Crippen LogP contribution in [0.3, 0.4) is 0 Å². The summed E-state index contributed by atoms with van der Waals surface area (Å²) in [5.74, 6) is 0.273. The number of rotatable bonds is 6. The van der Waals surface area contributed by atoms with E-state index in [1.165, 1.54) is 19.3 Å². The zero-order valence-electron chi connectivity index (χ0n) is 19.6. The van der Waals surface area contributed by atoms with Gasteiger partial charge in [0.15, 0.2) is 5.79 Å². The topological polar surface area (TPSA) is 59.6 Å². The second-order valence-electron chi connectivity index (χ2n) is 9.72. The number of carbonyl (C=O) groups is 1. The molecule has 1 aliphatic carbocycles. The molecule has 2 aliphatic rings. The number of carbonyl (C=O) groups excluding carboxylic acids is 1. The maximum atomic E-state index is 13.0. The minimum absolute atomic E-state index is 0.0333. The lowest BCUT2D eigenvalue weighted by Crippen LogP contribution is -2.51. The third-order valence-electron chi connectivity index (χ3n) is 6.77. The van der Waals surface area contributed by atoms with Crippen molar-refractivity contribution < 1.29 is 14.3 Å². The molecule has 3 rings (SSSR count). The van der Waals surface area contributed by atoms with Crippen molar-refractivity contribution in [2.75, 3.05) is 11.9 Å². The van der Waals surface area contributed by atoms with Crippen molar-refractivity contribution in [2.24, 2.45) is 5.92 Å². The highest BCUT2D eigenvalue weighted by atomic mass is 16.8. The maximum absolute atomic E-state index is 13.0. The number of anilines is 1. The van der Waals surface area contributed by atoms with E-state index in [0.29, 0.717) is 24.3 Å². The Labute approximate surface area is 182 Å². The van der Waals surface area contributed by atoms with Crippen LogP contribution >= 0.6 is 0 Å². The van der Waals surface area contributed by atoms with Gasteiger partial charge in [-0.15, -0.1) is 0 Å². The molecule has 3 atom stereocenters. The number of ether oxygens (including phenoxy) is 2. The van der Waals surface area contributed by atoms with E-state index in [1.807, 2.05) is 0 Å². The van der Waals surface area contributed by atoms with Gasteiger partial charge >= 0.3 is 6.03 Å². The van der Waals surface area contributed by atoms with E-state index in [2.05, 4.69) is 70.4 Å². The summed E-state index contributed by atoms with van der Waals surface area (Å²) in [7, 11) is 0. The van der Waals surface area contributed by atoms with Crippen LogP contribution in [0.1, 0.15) is 96.6 Å². The predicted molar refractivity (Wildman–Crippen MR) is 122 cm³/mol. The van der Waals surface area contributed by atoms with Gasteiger partial charge in [-0.05, 0) is 49.7 Å². The van der Waals surface area contributed by atoms with Crippen LogP contribution in [-0.2, 0) is 9.47 Å². The van der Waals surface area contributed by atoms with Gasteiger partial charge in [0, 0.05) is 11.6 Å². The van der Waals surface area contributed by atoms with Crippen molar-refractivity contribution in [2.45, 2.75) is 103 Å². The minimum Gasteiger partial charge on any atom is -0.342 e. The number of hydrogen-bond donors (Lipinski definition) is 2. The molecule has 168 valence electrons. The van der Waals surface area contributed by atoms with Gasteiger partial charge in [-0.25, -0.2) is 4.79 Å². The normalized spacial score (nSPS) is 27.6. The van der Waals surface area contributed by atoms with Crippen LogP contribution in [-0.4, -0.2) is 30.6 Å². The van der Waals surface area contributed by atoms with Gasteiger partial charge in [0.25, 0.3) is 0 Å². The molecule has 2 amide bonds. The maximum Gasteiger partial charge on any atom is 0.319 e. The lowest BCUT2D eigenvalue weighted by molar-refractivity contribution is -0.210. The third kappa shape index (κ3) is 5.00. The van der Waals surface area contributed by atoms with Crippen molar-refractivity contribution in [3.05, 3.63) is 29.3 Å². The molecule has 30 heavy (non-hydrogen) atoms. The Morgan fingerprint density at radius 3 is 2.03 bits per heavy atom. The molecule has 2 fully saturated rings. The first-order valence-electron chi connectivity index (χ1n) is 11.8. The van der Waals surface area contributed by atoms with Crippen LogP contribution in [0.25, 0.3) is 0 Å². The summed E-state index contributed by atoms with van der Waals surface area (Å²) in [5, 5.41) is 6.23. The monoisotopic (exact) mass is 416 g/mol. The Balaban J connectivity index is 1.74. The van der Waals surface area contributed by atoms with E-state index in [1.54, 1.807) is 0 Å². The fourth-order valence-corrected chi connectivity index (χ4v) is 4.87. The van der Waals surface area contributed by atoms with Crippen LogP contribution < -0.4 is 10.6 Å². The Bertz CT molecular complexity index is 689. The Morgan fingerprint density at radius 1 is 1.00 bits per heavy atom. The van der Waals surface area contributed by atoms with Gasteiger partial charge in [0.05, 0.1) is 18.8 Å². The summed E-state index contributed by atoms with van der Waals surface area (Å²) in [6.07, 6.45) is 5.93. The number of para-hydroxylation sites is 1. The summed E-state index contributed by atoms with van der Waals surface area (Å²) in [5.41, 5.74) is 3.25. The van der Waals surface area contributed by atoms with E-state index in [-0.39, 0.29) is 18.2 Å². The van der Waals surface area contributed by atoms with Crippen molar-refractivity contribution in [1.82, 2.24) is 5.32 Å². The largest absolute Gasteiger partial charge is 0.342 e. The number of benzene rings is 1. The van der Waals surface area contributed by atoms with E-state index in [0.717, 1.165) is 29.7 Å². The standard InChI is InChI=1S/C25H40N2O3/c1-16(2)21-13-10-14-22(17(3)4)23(21)27-24(28)26-15-25(20-11-8-7-9-12-20)29-18(5)19(6)30-25/h10,13-14,16-20H,7-9,11-12,15H2,1-6H3,(H2,26,27,28)/t18-,19+,25-. The highest BCUT2D eigenvalue weighted by molar-refractivity contribution is 5.91. The lowest BCUT2D eigenvalue weighted by Gasteiger charge is -2.38. The van der Waals surface area contributed by atoms with Crippen LogP contribution in [0.2, 0.25) is 0 Å². The number of amides is 2. The van der Waals surface area contributed by atoms with Crippen molar-refractivity contribution in [3.63, 3.8) is 0 Å². The fraction of sp³-hybridized carbons (Fsp3) is 0.720. The molecule has 0 radical (unpaired) electrons. The minimum atomic E-state index is -0.713. The van der Waals surface area contributed by atoms with Crippen molar-refractivity contribution in [1.29, 1.82) is 0 Å². The highest BCUT2D eigenvalue weighted by Gasteiger charge is 2.49. The molecule has 1 aliphatic heterocycles. The van der Waals surface area contributed by atoms with E-state index < -0.39 is 5.79 Å². The molecule has 0 spiro atoms. The Morgan fingerprint density at radius 2 is 1.53 bits per heavy atom. The van der Waals surface area contributed by atoms with Crippen LogP contribution in [0.4, 0.5) is 10.5 Å². The van der Waals surface area contributed by atoms with Gasteiger partial charge in [-0.1, -0.05) is 65.2 Å². The summed E-state index contributed by atoms with van der Waals surface area (Å²) in [6.45, 7) is 13.1. The lowest BCUT2D eigenvalue weighted by atomic mass is 9.83. The summed E-state index contributed by atoms with van der Waals surface area (Å²) in [6, 6.07) is 6.08. The first-order valence-corrected chi connectivity index (χ1v) is 11.8. The van der Waals surface area contributed by atoms with Crippen molar-refractivity contribution >= 4 is 11.7 Å². The number of urea groups is 1. The van der Waals surface area contributed by atoms with Gasteiger partial charge in [0.2, 0.25) is 0 Å². The summed E-state index contributed by atoms with van der Waals surface area (Å²) < 4.78 is 12.7. The zero-order valence-corrected chi connectivity index (χ0v) is 19.6. The first kappa shape index (κ1) is 23.1. The van der Waals surface area contributed by atoms with E-state index >= 15 is 0 Å². The smallest absolute Gasteiger partial charge is 0.319 e. The van der Waals surface area contributed by atoms with E-state index in [9.17, 15) is 4.79 Å². The Kier molecular flexibility index (Phi) is 7.46. The molecule has 2 N–H and O–H groups in total. The summed E-state index contributed by atoms with van der Waals surface area (Å²) >= 11 is 0. The highest BCUT2D eigenvalue weighted by Crippen LogP contribution is 2.41. The molecule has 5 heteroatoms. The molecule has 0 bridgehead atoms. The average Bonchev–Trinajstić information content (AvgIpc) is 3.02. The van der Waals surface area contributed by atoms with E-state index in [4.69, 9.17) is 9.47 Å².